The van der Waals surface area contributed by atoms with E-state index in [0.29, 0.717) is 11.4 Å². The Hall–Kier alpha value is -1.80. The molecule has 2 aromatic carbocycles. The molecule has 0 aliphatic rings. The topological polar surface area (TPSA) is 37.3 Å². The quantitative estimate of drug-likeness (QED) is 0.848. The molecule has 104 valence electrons. The summed E-state index contributed by atoms with van der Waals surface area (Å²) in [5, 5.41) is 9.95. The molecule has 0 radical (unpaired) electrons. The van der Waals surface area contributed by atoms with Crippen molar-refractivity contribution in [3.05, 3.63) is 70.7 Å². The van der Waals surface area contributed by atoms with Crippen molar-refractivity contribution in [3.8, 4) is 0 Å². The number of carboxylic acids is 1. The highest BCUT2D eigenvalue weighted by Gasteiger charge is 2.19. The van der Waals surface area contributed by atoms with Crippen LogP contribution >= 0.6 is 11.6 Å². The number of carboxylic acid groups (broad SMARTS) is 1. The maximum Gasteiger partial charge on any atom is 0.310 e. The number of halogens is 1. The average Bonchev–Trinajstić information content (AvgIpc) is 2.44. The van der Waals surface area contributed by atoms with E-state index in [9.17, 15) is 9.90 Å². The van der Waals surface area contributed by atoms with Crippen LogP contribution in [0.2, 0.25) is 5.02 Å². The van der Waals surface area contributed by atoms with Gasteiger partial charge in [-0.3, -0.25) is 4.79 Å². The van der Waals surface area contributed by atoms with Crippen molar-refractivity contribution in [2.24, 2.45) is 0 Å². The highest BCUT2D eigenvalue weighted by molar-refractivity contribution is 6.30. The molecule has 0 aliphatic heterocycles. The standard InChI is InChI=1S/C17H17ClO2/c18-15-10-5-9-14(12-15)16(17(19)20)11-4-8-13-6-2-1-3-7-13/h1-3,5-7,9-10,12,16H,4,8,11H2,(H,19,20). The number of benzene rings is 2. The second-order valence-electron chi connectivity index (χ2n) is 4.82. The van der Waals surface area contributed by atoms with Crippen molar-refractivity contribution in [1.82, 2.24) is 0 Å². The summed E-state index contributed by atoms with van der Waals surface area (Å²) < 4.78 is 0. The molecule has 0 fully saturated rings. The minimum absolute atomic E-state index is 0.489. The van der Waals surface area contributed by atoms with E-state index >= 15 is 0 Å². The van der Waals surface area contributed by atoms with Crippen LogP contribution in [0.5, 0.6) is 0 Å². The maximum atomic E-state index is 11.4. The van der Waals surface area contributed by atoms with Crippen LogP contribution in [-0.2, 0) is 11.2 Å². The largest absolute Gasteiger partial charge is 0.481 e. The Morgan fingerprint density at radius 3 is 2.50 bits per heavy atom. The van der Waals surface area contributed by atoms with Crippen molar-refractivity contribution in [2.75, 3.05) is 0 Å². The van der Waals surface area contributed by atoms with E-state index < -0.39 is 11.9 Å². The van der Waals surface area contributed by atoms with Gasteiger partial charge in [-0.1, -0.05) is 54.1 Å². The molecule has 1 atom stereocenters. The van der Waals surface area contributed by atoms with Gasteiger partial charge >= 0.3 is 5.97 Å². The second kappa shape index (κ2) is 7.11. The molecular formula is C17H17ClO2. The van der Waals surface area contributed by atoms with E-state index in [1.807, 2.05) is 24.3 Å². The minimum Gasteiger partial charge on any atom is -0.481 e. The average molecular weight is 289 g/mol. The van der Waals surface area contributed by atoms with Gasteiger partial charge in [-0.05, 0) is 42.5 Å². The Morgan fingerprint density at radius 2 is 1.85 bits per heavy atom. The molecule has 1 N–H and O–H groups in total. The number of aryl methyl sites for hydroxylation is 1. The summed E-state index contributed by atoms with van der Waals surface area (Å²) in [6.45, 7) is 0. The van der Waals surface area contributed by atoms with Gasteiger partial charge in [0.15, 0.2) is 0 Å². The zero-order valence-electron chi connectivity index (χ0n) is 11.1. The number of rotatable bonds is 6. The molecule has 0 saturated heterocycles. The van der Waals surface area contributed by atoms with Crippen LogP contribution in [0.4, 0.5) is 0 Å². The van der Waals surface area contributed by atoms with Crippen LogP contribution in [0, 0.1) is 0 Å². The first-order valence-electron chi connectivity index (χ1n) is 6.69. The molecule has 0 aromatic heterocycles. The van der Waals surface area contributed by atoms with E-state index in [-0.39, 0.29) is 0 Å². The zero-order valence-corrected chi connectivity index (χ0v) is 11.9. The van der Waals surface area contributed by atoms with E-state index in [1.54, 1.807) is 18.2 Å². The predicted octanol–water partition coefficient (Wildman–Crippen LogP) is 4.53. The van der Waals surface area contributed by atoms with Gasteiger partial charge in [-0.15, -0.1) is 0 Å². The van der Waals surface area contributed by atoms with Crippen molar-refractivity contribution in [2.45, 2.75) is 25.2 Å². The van der Waals surface area contributed by atoms with Gasteiger partial charge in [0.25, 0.3) is 0 Å². The first-order valence-corrected chi connectivity index (χ1v) is 7.07. The molecule has 2 aromatic rings. The monoisotopic (exact) mass is 288 g/mol. The lowest BCUT2D eigenvalue weighted by atomic mass is 9.92. The van der Waals surface area contributed by atoms with Crippen molar-refractivity contribution < 1.29 is 9.90 Å². The molecule has 2 nitrogen and oxygen atoms in total. The van der Waals surface area contributed by atoms with E-state index in [4.69, 9.17) is 11.6 Å². The fraction of sp³-hybridized carbons (Fsp3) is 0.235. The lowest BCUT2D eigenvalue weighted by Crippen LogP contribution is -2.12. The second-order valence-corrected chi connectivity index (χ2v) is 5.26. The zero-order chi connectivity index (χ0) is 14.4. The molecule has 0 spiro atoms. The van der Waals surface area contributed by atoms with Gasteiger partial charge in [0, 0.05) is 5.02 Å². The minimum atomic E-state index is -0.791. The summed E-state index contributed by atoms with van der Waals surface area (Å²) in [7, 11) is 0. The first-order chi connectivity index (χ1) is 9.66. The number of aliphatic carboxylic acids is 1. The smallest absolute Gasteiger partial charge is 0.310 e. The lowest BCUT2D eigenvalue weighted by molar-refractivity contribution is -0.139. The number of hydrogen-bond donors (Lipinski definition) is 1. The molecule has 0 bridgehead atoms. The lowest BCUT2D eigenvalue weighted by Gasteiger charge is -2.13. The van der Waals surface area contributed by atoms with E-state index in [1.165, 1.54) is 5.56 Å². The Morgan fingerprint density at radius 1 is 1.10 bits per heavy atom. The molecule has 1 unspecified atom stereocenters. The van der Waals surface area contributed by atoms with Gasteiger partial charge in [-0.2, -0.15) is 0 Å². The third kappa shape index (κ3) is 4.10. The van der Waals surface area contributed by atoms with Crippen LogP contribution in [0.15, 0.2) is 54.6 Å². The maximum absolute atomic E-state index is 11.4. The Bertz CT molecular complexity index is 566. The van der Waals surface area contributed by atoms with Crippen molar-refractivity contribution in [3.63, 3.8) is 0 Å². The molecule has 2 rings (SSSR count). The summed E-state index contributed by atoms with van der Waals surface area (Å²) in [5.41, 5.74) is 2.01. The summed E-state index contributed by atoms with van der Waals surface area (Å²) >= 11 is 5.93. The molecule has 3 heteroatoms. The van der Waals surface area contributed by atoms with Crippen LogP contribution in [-0.4, -0.2) is 11.1 Å². The normalized spacial score (nSPS) is 12.1. The fourth-order valence-electron chi connectivity index (χ4n) is 2.31. The van der Waals surface area contributed by atoms with E-state index in [0.717, 1.165) is 18.4 Å². The summed E-state index contributed by atoms with van der Waals surface area (Å²) in [5.74, 6) is -1.28. The predicted molar refractivity (Wildman–Crippen MR) is 81.2 cm³/mol. The van der Waals surface area contributed by atoms with Crippen LogP contribution in [0.3, 0.4) is 0 Å². The number of hydrogen-bond acceptors (Lipinski definition) is 1. The van der Waals surface area contributed by atoms with Gasteiger partial charge in [-0.25, -0.2) is 0 Å². The van der Waals surface area contributed by atoms with Crippen LogP contribution < -0.4 is 0 Å². The Kier molecular flexibility index (Phi) is 5.19. The highest BCUT2D eigenvalue weighted by Crippen LogP contribution is 2.25. The van der Waals surface area contributed by atoms with Crippen molar-refractivity contribution in [1.29, 1.82) is 0 Å². The third-order valence-corrected chi connectivity index (χ3v) is 3.59. The Balaban J connectivity index is 1.98. The van der Waals surface area contributed by atoms with Crippen molar-refractivity contribution >= 4 is 17.6 Å². The molecule has 0 amide bonds. The highest BCUT2D eigenvalue weighted by atomic mass is 35.5. The molecular weight excluding hydrogens is 272 g/mol. The molecule has 20 heavy (non-hydrogen) atoms. The fourth-order valence-corrected chi connectivity index (χ4v) is 2.51. The Labute approximate surface area is 124 Å². The van der Waals surface area contributed by atoms with Crippen LogP contribution in [0.25, 0.3) is 0 Å². The van der Waals surface area contributed by atoms with Gasteiger partial charge in [0.1, 0.15) is 0 Å². The number of carbonyl (C=O) groups is 1. The SMILES string of the molecule is O=C(O)C(CCCc1ccccc1)c1cccc(Cl)c1. The van der Waals surface area contributed by atoms with Gasteiger partial charge in [0.2, 0.25) is 0 Å². The van der Waals surface area contributed by atoms with Gasteiger partial charge < -0.3 is 5.11 Å². The van der Waals surface area contributed by atoms with Crippen LogP contribution in [0.1, 0.15) is 29.9 Å². The first kappa shape index (κ1) is 14.6. The summed E-state index contributed by atoms with van der Waals surface area (Å²) in [6, 6.07) is 17.2. The third-order valence-electron chi connectivity index (χ3n) is 3.35. The summed E-state index contributed by atoms with van der Waals surface area (Å²) in [4.78, 5) is 11.4. The molecule has 0 aliphatic carbocycles. The van der Waals surface area contributed by atoms with E-state index in [2.05, 4.69) is 12.1 Å². The molecule has 0 heterocycles. The summed E-state index contributed by atoms with van der Waals surface area (Å²) in [6.07, 6.45) is 2.35. The molecule has 0 saturated carbocycles. The van der Waals surface area contributed by atoms with Gasteiger partial charge in [0.05, 0.1) is 5.92 Å².